The number of ether oxygens (including phenoxy) is 1. The number of alkyl halides is 3. The maximum atomic E-state index is 13.1. The van der Waals surface area contributed by atoms with E-state index in [0.29, 0.717) is 5.56 Å². The summed E-state index contributed by atoms with van der Waals surface area (Å²) in [6.07, 6.45) is -2.83. The Labute approximate surface area is 169 Å². The molecule has 2 aromatic rings. The monoisotopic (exact) mass is 422 g/mol. The summed E-state index contributed by atoms with van der Waals surface area (Å²) in [6.45, 7) is 2.77. The van der Waals surface area contributed by atoms with Gasteiger partial charge >= 0.3 is 12.4 Å². The molecule has 0 aliphatic carbocycles. The molecule has 4 amide bonds. The fraction of sp³-hybridized carbons (Fsp3) is 0.263. The summed E-state index contributed by atoms with van der Waals surface area (Å²) in [5.74, 6) is -1.49. The molecule has 0 saturated carbocycles. The van der Waals surface area contributed by atoms with Crippen molar-refractivity contribution in [3.63, 3.8) is 0 Å². The SMILES string of the molecule is CC(=O)NC(c1ccncc1)N1C(=O)N(c2ccc(OC(F)(F)F)cc2)C(=O)C1C. The van der Waals surface area contributed by atoms with Crippen LogP contribution in [-0.4, -0.2) is 40.1 Å². The van der Waals surface area contributed by atoms with Crippen LogP contribution in [0.4, 0.5) is 23.7 Å². The second-order valence-corrected chi connectivity index (χ2v) is 6.46. The molecule has 1 aromatic carbocycles. The Morgan fingerprint density at radius 1 is 1.13 bits per heavy atom. The molecule has 1 aliphatic rings. The summed E-state index contributed by atoms with van der Waals surface area (Å²) in [6, 6.07) is 5.88. The number of urea groups is 1. The molecular formula is C19H17F3N4O4. The third kappa shape index (κ3) is 4.34. The molecule has 3 rings (SSSR count). The van der Waals surface area contributed by atoms with Gasteiger partial charge in [0.25, 0.3) is 5.91 Å². The number of hydrogen-bond donors (Lipinski definition) is 1. The van der Waals surface area contributed by atoms with E-state index in [0.717, 1.165) is 17.0 Å². The van der Waals surface area contributed by atoms with Gasteiger partial charge < -0.3 is 10.1 Å². The average molecular weight is 422 g/mol. The van der Waals surface area contributed by atoms with E-state index in [1.807, 2.05) is 0 Å². The van der Waals surface area contributed by atoms with Crippen molar-refractivity contribution in [2.45, 2.75) is 32.4 Å². The van der Waals surface area contributed by atoms with Crippen LogP contribution in [0.15, 0.2) is 48.8 Å². The van der Waals surface area contributed by atoms with E-state index in [4.69, 9.17) is 0 Å². The van der Waals surface area contributed by atoms with Crippen LogP contribution in [0.5, 0.6) is 5.75 Å². The van der Waals surface area contributed by atoms with Gasteiger partial charge in [-0.25, -0.2) is 9.69 Å². The first kappa shape index (κ1) is 21.1. The Bertz CT molecular complexity index is 951. The van der Waals surface area contributed by atoms with Gasteiger partial charge in [0.15, 0.2) is 0 Å². The highest BCUT2D eigenvalue weighted by Gasteiger charge is 2.47. The third-order valence-electron chi connectivity index (χ3n) is 4.38. The van der Waals surface area contributed by atoms with Crippen molar-refractivity contribution in [3.8, 4) is 5.75 Å². The molecule has 2 heterocycles. The quantitative estimate of drug-likeness (QED) is 0.748. The molecule has 1 aromatic heterocycles. The van der Waals surface area contributed by atoms with Crippen LogP contribution in [0.3, 0.4) is 0 Å². The van der Waals surface area contributed by atoms with Crippen molar-refractivity contribution >= 4 is 23.5 Å². The van der Waals surface area contributed by atoms with Crippen molar-refractivity contribution in [3.05, 3.63) is 54.4 Å². The van der Waals surface area contributed by atoms with Crippen molar-refractivity contribution < 1.29 is 32.3 Å². The van der Waals surface area contributed by atoms with Gasteiger partial charge in [0.1, 0.15) is 18.0 Å². The Morgan fingerprint density at radius 3 is 2.27 bits per heavy atom. The van der Waals surface area contributed by atoms with Gasteiger partial charge in [0, 0.05) is 19.3 Å². The molecule has 8 nitrogen and oxygen atoms in total. The van der Waals surface area contributed by atoms with Crippen LogP contribution < -0.4 is 15.0 Å². The largest absolute Gasteiger partial charge is 0.573 e. The zero-order chi connectivity index (χ0) is 22.1. The van der Waals surface area contributed by atoms with Crippen molar-refractivity contribution in [2.24, 2.45) is 0 Å². The number of imide groups is 1. The number of nitrogens with one attached hydrogen (secondary N) is 1. The molecule has 1 N–H and O–H groups in total. The van der Waals surface area contributed by atoms with Crippen molar-refractivity contribution in [1.29, 1.82) is 0 Å². The maximum Gasteiger partial charge on any atom is 0.573 e. The number of halogens is 3. The summed E-state index contributed by atoms with van der Waals surface area (Å²) >= 11 is 0. The molecule has 0 radical (unpaired) electrons. The number of hydrogen-bond acceptors (Lipinski definition) is 5. The van der Waals surface area contributed by atoms with Crippen LogP contribution >= 0.6 is 0 Å². The molecule has 0 bridgehead atoms. The van der Waals surface area contributed by atoms with Crippen molar-refractivity contribution in [2.75, 3.05) is 4.90 Å². The van der Waals surface area contributed by atoms with Crippen LogP contribution in [0.2, 0.25) is 0 Å². The fourth-order valence-corrected chi connectivity index (χ4v) is 3.10. The van der Waals surface area contributed by atoms with Gasteiger partial charge in [0.2, 0.25) is 5.91 Å². The first-order valence-corrected chi connectivity index (χ1v) is 8.77. The molecule has 2 atom stereocenters. The van der Waals surface area contributed by atoms with E-state index in [-0.39, 0.29) is 5.69 Å². The summed E-state index contributed by atoms with van der Waals surface area (Å²) in [7, 11) is 0. The van der Waals surface area contributed by atoms with E-state index in [2.05, 4.69) is 15.0 Å². The molecule has 11 heteroatoms. The number of nitrogens with zero attached hydrogens (tertiary/aromatic N) is 3. The third-order valence-corrected chi connectivity index (χ3v) is 4.38. The van der Waals surface area contributed by atoms with Gasteiger partial charge in [-0.2, -0.15) is 0 Å². The summed E-state index contributed by atoms with van der Waals surface area (Å²) in [5, 5.41) is 2.64. The van der Waals surface area contributed by atoms with E-state index in [1.165, 1.54) is 43.3 Å². The number of benzene rings is 1. The van der Waals surface area contributed by atoms with Crippen LogP contribution in [0.25, 0.3) is 0 Å². The van der Waals surface area contributed by atoms with E-state index in [9.17, 15) is 27.6 Å². The standard InChI is InChI=1S/C19H17F3N4O4/c1-11-17(28)26(14-3-5-15(6-4-14)30-19(20,21)22)18(29)25(11)16(24-12(2)27)13-7-9-23-10-8-13/h3-11,16H,1-2H3,(H,24,27). The van der Waals surface area contributed by atoms with E-state index < -0.39 is 42.2 Å². The van der Waals surface area contributed by atoms with Gasteiger partial charge in [-0.3, -0.25) is 19.5 Å². The zero-order valence-corrected chi connectivity index (χ0v) is 15.9. The highest BCUT2D eigenvalue weighted by Crippen LogP contribution is 2.33. The lowest BCUT2D eigenvalue weighted by atomic mass is 10.1. The first-order valence-electron chi connectivity index (χ1n) is 8.77. The lowest BCUT2D eigenvalue weighted by Gasteiger charge is -2.30. The van der Waals surface area contributed by atoms with E-state index in [1.54, 1.807) is 12.1 Å². The van der Waals surface area contributed by atoms with Crippen LogP contribution in [0.1, 0.15) is 25.6 Å². The maximum absolute atomic E-state index is 13.1. The number of anilines is 1. The molecule has 0 spiro atoms. The first-order chi connectivity index (χ1) is 14.1. The average Bonchev–Trinajstić information content (AvgIpc) is 2.89. The highest BCUT2D eigenvalue weighted by molar-refractivity contribution is 6.21. The Kier molecular flexibility index (Phi) is 5.63. The topological polar surface area (TPSA) is 91.8 Å². The van der Waals surface area contributed by atoms with E-state index >= 15 is 0 Å². The minimum Gasteiger partial charge on any atom is -0.406 e. The Hall–Kier alpha value is -3.63. The predicted octanol–water partition coefficient (Wildman–Crippen LogP) is 2.97. The molecule has 30 heavy (non-hydrogen) atoms. The van der Waals surface area contributed by atoms with Crippen molar-refractivity contribution in [1.82, 2.24) is 15.2 Å². The lowest BCUT2D eigenvalue weighted by molar-refractivity contribution is -0.274. The molecule has 1 aliphatic heterocycles. The summed E-state index contributed by atoms with van der Waals surface area (Å²) < 4.78 is 40.8. The normalized spacial score (nSPS) is 17.8. The smallest absolute Gasteiger partial charge is 0.406 e. The molecule has 1 fully saturated rings. The summed E-state index contributed by atoms with van der Waals surface area (Å²) in [5.41, 5.74) is 0.606. The van der Waals surface area contributed by atoms with Gasteiger partial charge in [-0.15, -0.1) is 13.2 Å². The number of pyridine rings is 1. The number of aromatic nitrogens is 1. The Balaban J connectivity index is 1.91. The number of carbonyl (C=O) groups excluding carboxylic acids is 3. The van der Waals surface area contributed by atoms with Crippen LogP contribution in [-0.2, 0) is 9.59 Å². The van der Waals surface area contributed by atoms with Gasteiger partial charge in [-0.05, 0) is 48.9 Å². The van der Waals surface area contributed by atoms with Gasteiger partial charge in [0.05, 0.1) is 5.69 Å². The number of rotatable bonds is 5. The minimum absolute atomic E-state index is 0.0742. The predicted molar refractivity (Wildman–Crippen MR) is 98.1 cm³/mol. The Morgan fingerprint density at radius 2 is 1.73 bits per heavy atom. The van der Waals surface area contributed by atoms with Gasteiger partial charge in [-0.1, -0.05) is 0 Å². The number of amides is 4. The zero-order valence-electron chi connectivity index (χ0n) is 15.9. The molecule has 1 saturated heterocycles. The second kappa shape index (κ2) is 8.01. The molecule has 2 unspecified atom stereocenters. The molecule has 158 valence electrons. The minimum atomic E-state index is -4.86. The highest BCUT2D eigenvalue weighted by atomic mass is 19.4. The molecular weight excluding hydrogens is 405 g/mol. The van der Waals surface area contributed by atoms with Crippen LogP contribution in [0, 0.1) is 0 Å². The lowest BCUT2D eigenvalue weighted by Crippen LogP contribution is -2.45. The fourth-order valence-electron chi connectivity index (χ4n) is 3.10. The summed E-state index contributed by atoms with van der Waals surface area (Å²) in [4.78, 5) is 43.5. The second-order valence-electron chi connectivity index (χ2n) is 6.46. The number of carbonyl (C=O) groups is 3.